The van der Waals surface area contributed by atoms with Crippen molar-refractivity contribution in [1.82, 2.24) is 20.0 Å². The van der Waals surface area contributed by atoms with Crippen LogP contribution in [0.1, 0.15) is 41.7 Å². The van der Waals surface area contributed by atoms with Crippen molar-refractivity contribution in [2.75, 3.05) is 6.54 Å². The smallest absolute Gasteiger partial charge is 0.133 e. The summed E-state index contributed by atoms with van der Waals surface area (Å²) in [6.45, 7) is 5.80. The van der Waals surface area contributed by atoms with E-state index in [0.717, 1.165) is 42.4 Å². The fourth-order valence-corrected chi connectivity index (χ4v) is 2.69. The van der Waals surface area contributed by atoms with Gasteiger partial charge in [-0.15, -0.1) is 0 Å². The molecule has 100 valence electrons. The van der Waals surface area contributed by atoms with Crippen LogP contribution >= 0.6 is 0 Å². The molecule has 3 heterocycles. The fourth-order valence-electron chi connectivity index (χ4n) is 2.69. The van der Waals surface area contributed by atoms with E-state index in [1.54, 1.807) is 6.20 Å². The molecular weight excluding hydrogens is 240 g/mol. The van der Waals surface area contributed by atoms with E-state index in [1.807, 2.05) is 26.1 Å². The third kappa shape index (κ3) is 2.66. The second kappa shape index (κ2) is 5.09. The molecule has 1 aliphatic rings. The molecule has 1 atom stereocenters. The summed E-state index contributed by atoms with van der Waals surface area (Å²) in [5, 5.41) is 4.07. The maximum absolute atomic E-state index is 5.13. The van der Waals surface area contributed by atoms with Crippen molar-refractivity contribution in [1.29, 1.82) is 0 Å². The first-order valence-electron chi connectivity index (χ1n) is 6.67. The van der Waals surface area contributed by atoms with Gasteiger partial charge in [-0.3, -0.25) is 14.9 Å². The van der Waals surface area contributed by atoms with Crippen molar-refractivity contribution in [3.8, 4) is 0 Å². The highest BCUT2D eigenvalue weighted by Gasteiger charge is 2.28. The van der Waals surface area contributed by atoms with Crippen molar-refractivity contribution in [3.05, 3.63) is 41.3 Å². The summed E-state index contributed by atoms with van der Waals surface area (Å²) < 4.78 is 5.13. The molecule has 1 aliphatic heterocycles. The molecule has 0 unspecified atom stereocenters. The predicted molar refractivity (Wildman–Crippen MR) is 70.4 cm³/mol. The van der Waals surface area contributed by atoms with Gasteiger partial charge in [-0.2, -0.15) is 0 Å². The standard InChI is InChI=1S/C14H18N4O/c1-10-7-15-8-13(16-10)14-4-3-5-18(14)9-12-6-11(2)19-17-12/h6-8,14H,3-5,9H2,1-2H3/t14-/m0/s1. The van der Waals surface area contributed by atoms with Crippen LogP contribution in [-0.2, 0) is 6.54 Å². The minimum Gasteiger partial charge on any atom is -0.361 e. The average molecular weight is 258 g/mol. The Balaban J connectivity index is 1.78. The molecule has 19 heavy (non-hydrogen) atoms. The van der Waals surface area contributed by atoms with E-state index in [1.165, 1.54) is 6.42 Å². The number of hydrogen-bond donors (Lipinski definition) is 0. The Morgan fingerprint density at radius 2 is 2.26 bits per heavy atom. The SMILES string of the molecule is Cc1cncc([C@@H]2CCCN2Cc2cc(C)on2)n1. The van der Waals surface area contributed by atoms with Gasteiger partial charge >= 0.3 is 0 Å². The molecule has 0 bridgehead atoms. The molecule has 0 radical (unpaired) electrons. The Labute approximate surface area is 112 Å². The van der Waals surface area contributed by atoms with Crippen LogP contribution in [-0.4, -0.2) is 26.6 Å². The lowest BCUT2D eigenvalue weighted by Crippen LogP contribution is -2.23. The van der Waals surface area contributed by atoms with Crippen LogP contribution in [0.15, 0.2) is 23.0 Å². The Bertz CT molecular complexity index is 566. The van der Waals surface area contributed by atoms with Crippen molar-refractivity contribution in [2.45, 2.75) is 39.3 Å². The van der Waals surface area contributed by atoms with Crippen LogP contribution in [0.3, 0.4) is 0 Å². The summed E-state index contributed by atoms with van der Waals surface area (Å²) in [5.74, 6) is 0.862. The third-order valence-electron chi connectivity index (χ3n) is 3.52. The number of aromatic nitrogens is 3. The highest BCUT2D eigenvalue weighted by Crippen LogP contribution is 2.31. The van der Waals surface area contributed by atoms with E-state index >= 15 is 0 Å². The molecule has 1 fully saturated rings. The number of nitrogens with zero attached hydrogens (tertiary/aromatic N) is 4. The first-order chi connectivity index (χ1) is 9.22. The number of hydrogen-bond acceptors (Lipinski definition) is 5. The molecular formula is C14H18N4O. The van der Waals surface area contributed by atoms with Gasteiger partial charge in [-0.25, -0.2) is 0 Å². The van der Waals surface area contributed by atoms with Gasteiger partial charge in [-0.1, -0.05) is 5.16 Å². The third-order valence-corrected chi connectivity index (χ3v) is 3.52. The van der Waals surface area contributed by atoms with Gasteiger partial charge < -0.3 is 4.52 Å². The molecule has 0 amide bonds. The molecule has 0 N–H and O–H groups in total. The molecule has 0 aromatic carbocycles. The minimum atomic E-state index is 0.351. The molecule has 0 saturated carbocycles. The fraction of sp³-hybridized carbons (Fsp3) is 0.500. The van der Waals surface area contributed by atoms with E-state index in [2.05, 4.69) is 20.0 Å². The first kappa shape index (κ1) is 12.3. The monoisotopic (exact) mass is 258 g/mol. The number of likely N-dealkylation sites (tertiary alicyclic amines) is 1. The van der Waals surface area contributed by atoms with Crippen LogP contribution in [0.25, 0.3) is 0 Å². The lowest BCUT2D eigenvalue weighted by atomic mass is 10.1. The lowest BCUT2D eigenvalue weighted by Gasteiger charge is -2.22. The van der Waals surface area contributed by atoms with Crippen LogP contribution in [0, 0.1) is 13.8 Å². The summed E-state index contributed by atoms with van der Waals surface area (Å²) in [6.07, 6.45) is 6.00. The van der Waals surface area contributed by atoms with E-state index in [4.69, 9.17) is 4.52 Å². The molecule has 0 spiro atoms. The Kier molecular flexibility index (Phi) is 3.29. The molecule has 0 aliphatic carbocycles. The predicted octanol–water partition coefficient (Wildman–Crippen LogP) is 2.42. The minimum absolute atomic E-state index is 0.351. The van der Waals surface area contributed by atoms with Crippen LogP contribution in [0.4, 0.5) is 0 Å². The quantitative estimate of drug-likeness (QED) is 0.846. The van der Waals surface area contributed by atoms with E-state index in [-0.39, 0.29) is 0 Å². The second-order valence-corrected chi connectivity index (χ2v) is 5.14. The number of rotatable bonds is 3. The normalized spacial score (nSPS) is 20.0. The Morgan fingerprint density at radius 1 is 1.37 bits per heavy atom. The van der Waals surface area contributed by atoms with Crippen molar-refractivity contribution in [3.63, 3.8) is 0 Å². The van der Waals surface area contributed by atoms with Crippen LogP contribution < -0.4 is 0 Å². The van der Waals surface area contributed by atoms with E-state index in [0.29, 0.717) is 6.04 Å². The van der Waals surface area contributed by atoms with Crippen LogP contribution in [0.2, 0.25) is 0 Å². The Hall–Kier alpha value is -1.75. The van der Waals surface area contributed by atoms with Gasteiger partial charge in [-0.05, 0) is 33.2 Å². The maximum Gasteiger partial charge on any atom is 0.133 e. The maximum atomic E-state index is 5.13. The van der Waals surface area contributed by atoms with Gasteiger partial charge in [0.05, 0.1) is 23.1 Å². The van der Waals surface area contributed by atoms with Gasteiger partial charge in [0.25, 0.3) is 0 Å². The molecule has 2 aromatic heterocycles. The highest BCUT2D eigenvalue weighted by molar-refractivity contribution is 5.10. The number of aryl methyl sites for hydroxylation is 2. The summed E-state index contributed by atoms with van der Waals surface area (Å²) in [5.41, 5.74) is 3.03. The van der Waals surface area contributed by atoms with Gasteiger partial charge in [0.1, 0.15) is 5.76 Å². The molecule has 3 rings (SSSR count). The zero-order valence-electron chi connectivity index (χ0n) is 11.3. The largest absolute Gasteiger partial charge is 0.361 e. The highest BCUT2D eigenvalue weighted by atomic mass is 16.5. The second-order valence-electron chi connectivity index (χ2n) is 5.14. The van der Waals surface area contributed by atoms with Crippen molar-refractivity contribution >= 4 is 0 Å². The summed E-state index contributed by atoms with van der Waals surface area (Å²) in [6, 6.07) is 2.35. The topological polar surface area (TPSA) is 55.1 Å². The van der Waals surface area contributed by atoms with Gasteiger partial charge in [0.2, 0.25) is 0 Å². The van der Waals surface area contributed by atoms with Gasteiger partial charge in [0.15, 0.2) is 0 Å². The summed E-state index contributed by atoms with van der Waals surface area (Å²) >= 11 is 0. The molecule has 1 saturated heterocycles. The van der Waals surface area contributed by atoms with Crippen molar-refractivity contribution < 1.29 is 4.52 Å². The van der Waals surface area contributed by atoms with Crippen LogP contribution in [0.5, 0.6) is 0 Å². The first-order valence-corrected chi connectivity index (χ1v) is 6.67. The molecule has 2 aromatic rings. The molecule has 5 nitrogen and oxygen atoms in total. The summed E-state index contributed by atoms with van der Waals surface area (Å²) in [4.78, 5) is 11.3. The van der Waals surface area contributed by atoms with Crippen molar-refractivity contribution in [2.24, 2.45) is 0 Å². The summed E-state index contributed by atoms with van der Waals surface area (Å²) in [7, 11) is 0. The zero-order chi connectivity index (χ0) is 13.2. The van der Waals surface area contributed by atoms with Gasteiger partial charge in [0, 0.05) is 25.0 Å². The average Bonchev–Trinajstić information content (AvgIpc) is 2.99. The van der Waals surface area contributed by atoms with E-state index < -0.39 is 0 Å². The Morgan fingerprint density at radius 3 is 3.00 bits per heavy atom. The molecule has 5 heteroatoms. The zero-order valence-corrected chi connectivity index (χ0v) is 11.3. The lowest BCUT2D eigenvalue weighted by molar-refractivity contribution is 0.235. The van der Waals surface area contributed by atoms with E-state index in [9.17, 15) is 0 Å².